The predicted octanol–water partition coefficient (Wildman–Crippen LogP) is 6.39. The number of methoxy groups -OCH3 is 1. The van der Waals surface area contributed by atoms with Crippen molar-refractivity contribution in [2.75, 3.05) is 38.2 Å². The summed E-state index contributed by atoms with van der Waals surface area (Å²) in [5, 5.41) is 0.690. The highest BCUT2D eigenvalue weighted by atomic mass is 35.5. The van der Waals surface area contributed by atoms with Gasteiger partial charge in [0.2, 0.25) is 0 Å². The molecule has 2 heterocycles. The first-order valence-electron chi connectivity index (χ1n) is 12.2. The van der Waals surface area contributed by atoms with Crippen LogP contribution in [0.2, 0.25) is 5.02 Å². The van der Waals surface area contributed by atoms with Crippen molar-refractivity contribution in [3.8, 4) is 22.7 Å². The third-order valence-corrected chi connectivity index (χ3v) is 7.17. The Morgan fingerprint density at radius 1 is 0.806 bits per heavy atom. The number of halogens is 1. The molecule has 36 heavy (non-hydrogen) atoms. The van der Waals surface area contributed by atoms with Crippen LogP contribution in [0.25, 0.3) is 16.9 Å². The lowest BCUT2D eigenvalue weighted by Crippen LogP contribution is -2.48. The molecule has 5 nitrogen and oxygen atoms in total. The fourth-order valence-corrected chi connectivity index (χ4v) is 4.94. The van der Waals surface area contributed by atoms with Gasteiger partial charge >= 0.3 is 0 Å². The molecule has 1 saturated heterocycles. The number of ether oxygens (including phenoxy) is 1. The first kappa shape index (κ1) is 24.0. The summed E-state index contributed by atoms with van der Waals surface area (Å²) in [5.41, 5.74) is 7.05. The smallest absolute Gasteiger partial charge is 0.255 e. The molecule has 0 aliphatic carbocycles. The van der Waals surface area contributed by atoms with Crippen molar-refractivity contribution in [3.63, 3.8) is 0 Å². The number of piperazine rings is 1. The highest BCUT2D eigenvalue weighted by Crippen LogP contribution is 2.31. The van der Waals surface area contributed by atoms with Crippen LogP contribution in [0, 0.1) is 13.8 Å². The SMILES string of the molecule is COc1ccc(N2CCN(C(=O)c3cc(-c4ccc(Cl)cc4)n(-c4ccc(C)cc4)c3C)CC2)cc1. The Morgan fingerprint density at radius 3 is 2.03 bits per heavy atom. The van der Waals surface area contributed by atoms with E-state index in [0.717, 1.165) is 52.7 Å². The Labute approximate surface area is 217 Å². The quantitative estimate of drug-likeness (QED) is 0.319. The van der Waals surface area contributed by atoms with Gasteiger partial charge in [0, 0.05) is 48.3 Å². The Morgan fingerprint density at radius 2 is 1.42 bits per heavy atom. The van der Waals surface area contributed by atoms with Crippen LogP contribution in [0.4, 0.5) is 5.69 Å². The summed E-state index contributed by atoms with van der Waals surface area (Å²) in [6.07, 6.45) is 0. The zero-order valence-electron chi connectivity index (χ0n) is 20.9. The topological polar surface area (TPSA) is 37.7 Å². The summed E-state index contributed by atoms with van der Waals surface area (Å²) in [5.74, 6) is 0.917. The molecular weight excluding hydrogens is 470 g/mol. The van der Waals surface area contributed by atoms with E-state index in [0.29, 0.717) is 18.1 Å². The molecule has 0 saturated carbocycles. The maximum absolute atomic E-state index is 13.7. The number of hydrogen-bond acceptors (Lipinski definition) is 3. The normalized spacial score (nSPS) is 13.7. The van der Waals surface area contributed by atoms with Crippen molar-refractivity contribution in [2.45, 2.75) is 13.8 Å². The first-order chi connectivity index (χ1) is 17.4. The molecule has 1 aliphatic rings. The first-order valence-corrected chi connectivity index (χ1v) is 12.6. The number of rotatable bonds is 5. The minimum atomic E-state index is 0.0722. The number of amides is 1. The molecule has 5 rings (SSSR count). The van der Waals surface area contributed by atoms with Crippen LogP contribution < -0.4 is 9.64 Å². The molecule has 1 amide bonds. The number of carbonyl (C=O) groups excluding carboxylic acids is 1. The number of nitrogens with zero attached hydrogens (tertiary/aromatic N) is 3. The lowest BCUT2D eigenvalue weighted by atomic mass is 10.1. The van der Waals surface area contributed by atoms with Gasteiger partial charge < -0.3 is 19.1 Å². The van der Waals surface area contributed by atoms with Gasteiger partial charge in [-0.25, -0.2) is 0 Å². The summed E-state index contributed by atoms with van der Waals surface area (Å²) >= 11 is 6.16. The third-order valence-electron chi connectivity index (χ3n) is 6.91. The van der Waals surface area contributed by atoms with Crippen LogP contribution >= 0.6 is 11.6 Å². The van der Waals surface area contributed by atoms with E-state index in [2.05, 4.69) is 52.8 Å². The molecule has 0 atom stereocenters. The van der Waals surface area contributed by atoms with E-state index in [-0.39, 0.29) is 5.91 Å². The second-order valence-electron chi connectivity index (χ2n) is 9.18. The van der Waals surface area contributed by atoms with Gasteiger partial charge in [-0.05, 0) is 74.0 Å². The number of aryl methyl sites for hydroxylation is 1. The second kappa shape index (κ2) is 10.1. The summed E-state index contributed by atoms with van der Waals surface area (Å²) in [6.45, 7) is 7.04. The average Bonchev–Trinajstić information content (AvgIpc) is 3.26. The summed E-state index contributed by atoms with van der Waals surface area (Å²) in [4.78, 5) is 18.0. The molecule has 0 bridgehead atoms. The van der Waals surface area contributed by atoms with Gasteiger partial charge in [0.05, 0.1) is 18.4 Å². The van der Waals surface area contributed by atoms with Crippen LogP contribution in [-0.4, -0.2) is 48.7 Å². The van der Waals surface area contributed by atoms with Crippen LogP contribution in [0.15, 0.2) is 78.9 Å². The minimum absolute atomic E-state index is 0.0722. The molecule has 0 spiro atoms. The Kier molecular flexibility index (Phi) is 6.75. The number of benzene rings is 3. The third kappa shape index (κ3) is 4.71. The van der Waals surface area contributed by atoms with Gasteiger partial charge in [-0.15, -0.1) is 0 Å². The summed E-state index contributed by atoms with van der Waals surface area (Å²) in [6, 6.07) is 26.3. The van der Waals surface area contributed by atoms with Gasteiger partial charge in [-0.3, -0.25) is 4.79 Å². The largest absolute Gasteiger partial charge is 0.497 e. The maximum atomic E-state index is 13.7. The Hall–Kier alpha value is -3.70. The van der Waals surface area contributed by atoms with Gasteiger partial charge in [-0.1, -0.05) is 41.4 Å². The van der Waals surface area contributed by atoms with Crippen LogP contribution in [-0.2, 0) is 0 Å². The van der Waals surface area contributed by atoms with E-state index < -0.39 is 0 Å². The van der Waals surface area contributed by atoms with Crippen LogP contribution in [0.3, 0.4) is 0 Å². The zero-order valence-corrected chi connectivity index (χ0v) is 21.6. The Bertz CT molecular complexity index is 1350. The zero-order chi connectivity index (χ0) is 25.2. The van der Waals surface area contributed by atoms with Crippen molar-refractivity contribution >= 4 is 23.2 Å². The minimum Gasteiger partial charge on any atom is -0.497 e. The highest BCUT2D eigenvalue weighted by molar-refractivity contribution is 6.30. The molecule has 1 fully saturated rings. The summed E-state index contributed by atoms with van der Waals surface area (Å²) < 4.78 is 7.44. The van der Waals surface area contributed by atoms with Crippen molar-refractivity contribution < 1.29 is 9.53 Å². The molecule has 1 aromatic heterocycles. The fraction of sp³-hybridized carbons (Fsp3) is 0.233. The molecular formula is C30H30ClN3O2. The van der Waals surface area contributed by atoms with E-state index in [1.807, 2.05) is 54.3 Å². The molecule has 0 unspecified atom stereocenters. The van der Waals surface area contributed by atoms with Crippen molar-refractivity contribution in [1.82, 2.24) is 9.47 Å². The monoisotopic (exact) mass is 499 g/mol. The van der Waals surface area contributed by atoms with E-state index in [9.17, 15) is 4.79 Å². The number of carbonyl (C=O) groups is 1. The molecule has 0 radical (unpaired) electrons. The molecule has 1 aliphatic heterocycles. The van der Waals surface area contributed by atoms with Gasteiger partial charge in [0.25, 0.3) is 5.91 Å². The van der Waals surface area contributed by atoms with Gasteiger partial charge in [0.1, 0.15) is 5.75 Å². The van der Waals surface area contributed by atoms with E-state index in [4.69, 9.17) is 16.3 Å². The number of anilines is 1. The van der Waals surface area contributed by atoms with Crippen LogP contribution in [0.1, 0.15) is 21.6 Å². The standard InChI is InChI=1S/C30H30ClN3O2/c1-21-4-10-26(11-5-21)34-22(2)28(20-29(34)23-6-8-24(31)9-7-23)30(35)33-18-16-32(17-19-33)25-12-14-27(36-3)15-13-25/h4-15,20H,16-19H2,1-3H3. The van der Waals surface area contributed by atoms with E-state index >= 15 is 0 Å². The number of hydrogen-bond donors (Lipinski definition) is 0. The highest BCUT2D eigenvalue weighted by Gasteiger charge is 2.26. The van der Waals surface area contributed by atoms with Crippen LogP contribution in [0.5, 0.6) is 5.75 Å². The average molecular weight is 500 g/mol. The van der Waals surface area contributed by atoms with Crippen molar-refractivity contribution in [3.05, 3.63) is 101 Å². The van der Waals surface area contributed by atoms with E-state index in [1.54, 1.807) is 7.11 Å². The number of aromatic nitrogens is 1. The molecule has 3 aromatic carbocycles. The fourth-order valence-electron chi connectivity index (χ4n) is 4.81. The van der Waals surface area contributed by atoms with Gasteiger partial charge in [-0.2, -0.15) is 0 Å². The lowest BCUT2D eigenvalue weighted by Gasteiger charge is -2.36. The molecule has 0 N–H and O–H groups in total. The Balaban J connectivity index is 1.42. The molecule has 6 heteroatoms. The molecule has 184 valence electrons. The predicted molar refractivity (Wildman–Crippen MR) is 147 cm³/mol. The van der Waals surface area contributed by atoms with Crippen molar-refractivity contribution in [1.29, 1.82) is 0 Å². The second-order valence-corrected chi connectivity index (χ2v) is 9.62. The van der Waals surface area contributed by atoms with Gasteiger partial charge in [0.15, 0.2) is 0 Å². The maximum Gasteiger partial charge on any atom is 0.255 e. The molecule has 4 aromatic rings. The summed E-state index contributed by atoms with van der Waals surface area (Å²) in [7, 11) is 1.67. The lowest BCUT2D eigenvalue weighted by molar-refractivity contribution is 0.0746. The van der Waals surface area contributed by atoms with E-state index in [1.165, 1.54) is 5.56 Å². The van der Waals surface area contributed by atoms with Crippen molar-refractivity contribution in [2.24, 2.45) is 0 Å².